The standard InChI is InChI=1S/C17H18BrN5O3/c1-25-11-6-4-5-10(13(11)18)20-15-14-16(22-17(24)21-15)23(9-19-14)12-7-2-3-8-26-12/h4-6,9,12H,2-3,7-8H2,1H3,(H2,20,21,22,24). The number of hydrogen-bond acceptors (Lipinski definition) is 7. The number of halogens is 1. The molecule has 0 aliphatic carbocycles. The summed E-state index contributed by atoms with van der Waals surface area (Å²) in [4.78, 5) is 12.7. The zero-order valence-corrected chi connectivity index (χ0v) is 15.7. The first-order chi connectivity index (χ1) is 12.7. The molecule has 3 aromatic rings. The quantitative estimate of drug-likeness (QED) is 0.664. The maximum atomic E-state index is 10.0. The number of hydrogen-bond donors (Lipinski definition) is 2. The summed E-state index contributed by atoms with van der Waals surface area (Å²) in [6.45, 7) is 0.712. The molecule has 1 aromatic carbocycles. The highest BCUT2D eigenvalue weighted by molar-refractivity contribution is 9.10. The Kier molecular flexibility index (Phi) is 4.64. The Hall–Kier alpha value is -2.39. The first-order valence-corrected chi connectivity index (χ1v) is 9.11. The van der Waals surface area contributed by atoms with Crippen LogP contribution in [0.3, 0.4) is 0 Å². The molecule has 2 N–H and O–H groups in total. The van der Waals surface area contributed by atoms with E-state index in [9.17, 15) is 5.11 Å². The molecule has 9 heteroatoms. The largest absolute Gasteiger partial charge is 0.495 e. The van der Waals surface area contributed by atoms with Gasteiger partial charge in [-0.2, -0.15) is 9.97 Å². The van der Waals surface area contributed by atoms with Gasteiger partial charge in [-0.1, -0.05) is 6.07 Å². The zero-order valence-electron chi connectivity index (χ0n) is 14.1. The number of aromatic nitrogens is 4. The third-order valence-electron chi connectivity index (χ3n) is 4.31. The van der Waals surface area contributed by atoms with Crippen molar-refractivity contribution >= 4 is 38.6 Å². The average molecular weight is 420 g/mol. The van der Waals surface area contributed by atoms with Gasteiger partial charge in [0.25, 0.3) is 0 Å². The third-order valence-corrected chi connectivity index (χ3v) is 5.13. The van der Waals surface area contributed by atoms with E-state index in [1.54, 1.807) is 13.4 Å². The number of anilines is 2. The molecule has 1 unspecified atom stereocenters. The zero-order chi connectivity index (χ0) is 18.1. The van der Waals surface area contributed by atoms with Gasteiger partial charge in [-0.3, -0.25) is 4.57 Å². The summed E-state index contributed by atoms with van der Waals surface area (Å²) >= 11 is 3.51. The van der Waals surface area contributed by atoms with Crippen LogP contribution in [-0.2, 0) is 4.74 Å². The molecule has 26 heavy (non-hydrogen) atoms. The molecule has 1 atom stereocenters. The number of aromatic hydroxyl groups is 1. The average Bonchev–Trinajstić information content (AvgIpc) is 3.08. The molecule has 136 valence electrons. The summed E-state index contributed by atoms with van der Waals surface area (Å²) < 4.78 is 13.7. The fourth-order valence-electron chi connectivity index (χ4n) is 3.04. The predicted octanol–water partition coefficient (Wildman–Crippen LogP) is 3.75. The second-order valence-electron chi connectivity index (χ2n) is 5.96. The topological polar surface area (TPSA) is 94.3 Å². The number of ether oxygens (including phenoxy) is 2. The first-order valence-electron chi connectivity index (χ1n) is 8.32. The Labute approximate surface area is 158 Å². The lowest BCUT2D eigenvalue weighted by Crippen LogP contribution is -2.17. The predicted molar refractivity (Wildman–Crippen MR) is 99.8 cm³/mol. The molecular weight excluding hydrogens is 402 g/mol. The van der Waals surface area contributed by atoms with Gasteiger partial charge in [0.2, 0.25) is 0 Å². The van der Waals surface area contributed by atoms with Crippen LogP contribution in [0.1, 0.15) is 25.5 Å². The van der Waals surface area contributed by atoms with Crippen molar-refractivity contribution in [3.63, 3.8) is 0 Å². The molecule has 1 fully saturated rings. The fraction of sp³-hybridized carbons (Fsp3) is 0.353. The number of fused-ring (bicyclic) bond motifs is 1. The molecule has 0 radical (unpaired) electrons. The molecule has 0 saturated carbocycles. The highest BCUT2D eigenvalue weighted by Crippen LogP contribution is 2.35. The van der Waals surface area contributed by atoms with Crippen LogP contribution in [-0.4, -0.2) is 38.3 Å². The number of nitrogens with zero attached hydrogens (tertiary/aromatic N) is 4. The molecule has 0 spiro atoms. The monoisotopic (exact) mass is 419 g/mol. The van der Waals surface area contributed by atoms with Crippen LogP contribution >= 0.6 is 15.9 Å². The number of rotatable bonds is 4. The Bertz CT molecular complexity index is 940. The molecule has 1 aliphatic heterocycles. The summed E-state index contributed by atoms with van der Waals surface area (Å²) in [7, 11) is 1.60. The van der Waals surface area contributed by atoms with E-state index in [0.717, 1.165) is 29.4 Å². The summed E-state index contributed by atoms with van der Waals surface area (Å²) in [5.41, 5.74) is 1.84. The van der Waals surface area contributed by atoms with Crippen molar-refractivity contribution in [2.24, 2.45) is 0 Å². The Morgan fingerprint density at radius 1 is 1.35 bits per heavy atom. The minimum absolute atomic E-state index is 0.126. The van der Waals surface area contributed by atoms with E-state index in [-0.39, 0.29) is 12.2 Å². The van der Waals surface area contributed by atoms with E-state index >= 15 is 0 Å². The lowest BCUT2D eigenvalue weighted by molar-refractivity contribution is -0.0298. The van der Waals surface area contributed by atoms with Crippen molar-refractivity contribution in [3.05, 3.63) is 29.0 Å². The molecule has 0 bridgehead atoms. The maximum Gasteiger partial charge on any atom is 0.318 e. The Morgan fingerprint density at radius 3 is 3.00 bits per heavy atom. The normalized spacial score (nSPS) is 17.4. The van der Waals surface area contributed by atoms with E-state index in [4.69, 9.17) is 9.47 Å². The van der Waals surface area contributed by atoms with E-state index in [2.05, 4.69) is 36.2 Å². The van der Waals surface area contributed by atoms with Gasteiger partial charge in [-0.05, 0) is 47.3 Å². The lowest BCUT2D eigenvalue weighted by Gasteiger charge is -2.23. The lowest BCUT2D eigenvalue weighted by atomic mass is 10.2. The van der Waals surface area contributed by atoms with Gasteiger partial charge in [0.15, 0.2) is 17.0 Å². The second-order valence-corrected chi connectivity index (χ2v) is 6.76. The van der Waals surface area contributed by atoms with E-state index < -0.39 is 0 Å². The molecule has 1 aliphatic rings. The van der Waals surface area contributed by atoms with Crippen LogP contribution in [0.25, 0.3) is 11.2 Å². The Balaban J connectivity index is 1.75. The van der Waals surface area contributed by atoms with Gasteiger partial charge in [0, 0.05) is 6.61 Å². The van der Waals surface area contributed by atoms with Crippen molar-refractivity contribution in [1.29, 1.82) is 0 Å². The van der Waals surface area contributed by atoms with Crippen LogP contribution in [0.15, 0.2) is 29.0 Å². The fourth-order valence-corrected chi connectivity index (χ4v) is 3.56. The van der Waals surface area contributed by atoms with Crippen molar-refractivity contribution in [3.8, 4) is 11.8 Å². The number of nitrogens with one attached hydrogen (secondary N) is 1. The number of methoxy groups -OCH3 is 1. The molecule has 4 rings (SSSR count). The third kappa shape index (κ3) is 3.08. The van der Waals surface area contributed by atoms with Crippen molar-refractivity contribution in [2.45, 2.75) is 25.5 Å². The number of imidazole rings is 1. The molecule has 2 aromatic heterocycles. The second kappa shape index (κ2) is 7.08. The van der Waals surface area contributed by atoms with E-state index in [1.807, 2.05) is 22.8 Å². The molecule has 3 heterocycles. The van der Waals surface area contributed by atoms with Crippen LogP contribution in [0, 0.1) is 0 Å². The van der Waals surface area contributed by atoms with Gasteiger partial charge < -0.3 is 19.9 Å². The van der Waals surface area contributed by atoms with Crippen LogP contribution in [0.4, 0.5) is 11.5 Å². The van der Waals surface area contributed by atoms with Gasteiger partial charge in [0.1, 0.15) is 12.0 Å². The minimum atomic E-state index is -0.323. The highest BCUT2D eigenvalue weighted by Gasteiger charge is 2.21. The molecule has 8 nitrogen and oxygen atoms in total. The number of benzene rings is 1. The molecule has 1 saturated heterocycles. The molecular formula is C17H18BrN5O3. The summed E-state index contributed by atoms with van der Waals surface area (Å²) in [6.07, 6.45) is 4.59. The summed E-state index contributed by atoms with van der Waals surface area (Å²) in [5, 5.41) is 13.2. The van der Waals surface area contributed by atoms with Gasteiger partial charge in [-0.15, -0.1) is 0 Å². The highest BCUT2D eigenvalue weighted by atomic mass is 79.9. The smallest absolute Gasteiger partial charge is 0.318 e. The maximum absolute atomic E-state index is 10.0. The van der Waals surface area contributed by atoms with E-state index in [0.29, 0.717) is 29.3 Å². The summed E-state index contributed by atoms with van der Waals surface area (Å²) in [6, 6.07) is 5.26. The van der Waals surface area contributed by atoms with Crippen LogP contribution in [0.5, 0.6) is 11.8 Å². The Morgan fingerprint density at radius 2 is 2.23 bits per heavy atom. The van der Waals surface area contributed by atoms with Gasteiger partial charge >= 0.3 is 6.01 Å². The summed E-state index contributed by atoms with van der Waals surface area (Å²) in [5.74, 6) is 1.10. The first kappa shape index (κ1) is 17.0. The van der Waals surface area contributed by atoms with Crippen LogP contribution < -0.4 is 10.1 Å². The van der Waals surface area contributed by atoms with Gasteiger partial charge in [-0.25, -0.2) is 4.98 Å². The van der Waals surface area contributed by atoms with Gasteiger partial charge in [0.05, 0.1) is 23.6 Å². The SMILES string of the molecule is COc1cccc(Nc2nc(O)nc3c2ncn3C2CCCCO2)c1Br. The van der Waals surface area contributed by atoms with Crippen LogP contribution in [0.2, 0.25) is 0 Å². The molecule has 0 amide bonds. The van der Waals surface area contributed by atoms with Crippen molar-refractivity contribution < 1.29 is 14.6 Å². The van der Waals surface area contributed by atoms with Crippen molar-refractivity contribution in [2.75, 3.05) is 19.0 Å². The van der Waals surface area contributed by atoms with Crippen molar-refractivity contribution in [1.82, 2.24) is 19.5 Å². The van der Waals surface area contributed by atoms with E-state index in [1.165, 1.54) is 0 Å². The minimum Gasteiger partial charge on any atom is -0.495 e.